The van der Waals surface area contributed by atoms with E-state index in [1.165, 1.54) is 0 Å². The quantitative estimate of drug-likeness (QED) is 0.903. The maximum absolute atomic E-state index is 9.39. The van der Waals surface area contributed by atoms with Crippen molar-refractivity contribution in [2.45, 2.75) is 39.9 Å². The number of aryl methyl sites for hydroxylation is 1. The van der Waals surface area contributed by atoms with Crippen LogP contribution in [0.5, 0.6) is 5.75 Å². The molecular formula is C14H17BrN2O3. The van der Waals surface area contributed by atoms with Crippen LogP contribution in [0, 0.1) is 6.92 Å². The molecule has 0 saturated carbocycles. The van der Waals surface area contributed by atoms with Gasteiger partial charge in [0, 0.05) is 16.0 Å². The zero-order valence-corrected chi connectivity index (χ0v) is 13.3. The van der Waals surface area contributed by atoms with E-state index in [-0.39, 0.29) is 19.1 Å². The third-order valence-electron chi connectivity index (χ3n) is 2.83. The normalized spacial score (nSPS) is 11.1. The molecule has 1 aromatic heterocycles. The van der Waals surface area contributed by atoms with E-state index in [9.17, 15) is 5.11 Å². The van der Waals surface area contributed by atoms with Crippen molar-refractivity contribution in [2.24, 2.45) is 0 Å². The van der Waals surface area contributed by atoms with Crippen LogP contribution in [0.15, 0.2) is 21.1 Å². The molecule has 108 valence electrons. The molecule has 0 aliphatic heterocycles. The van der Waals surface area contributed by atoms with Gasteiger partial charge in [-0.3, -0.25) is 0 Å². The van der Waals surface area contributed by atoms with Gasteiger partial charge in [-0.1, -0.05) is 34.9 Å². The highest BCUT2D eigenvalue weighted by Crippen LogP contribution is 2.28. The highest BCUT2D eigenvalue weighted by molar-refractivity contribution is 9.10. The third kappa shape index (κ3) is 3.37. The summed E-state index contributed by atoms with van der Waals surface area (Å²) in [6, 6.07) is 3.76. The summed E-state index contributed by atoms with van der Waals surface area (Å²) in [7, 11) is 0. The maximum Gasteiger partial charge on any atom is 0.264 e. The first kappa shape index (κ1) is 15.0. The third-order valence-corrected chi connectivity index (χ3v) is 3.28. The lowest BCUT2D eigenvalue weighted by atomic mass is 10.1. The molecule has 0 radical (unpaired) electrons. The minimum Gasteiger partial charge on any atom is -0.483 e. The average Bonchev–Trinajstić information content (AvgIpc) is 2.85. The minimum absolute atomic E-state index is 0.0866. The first-order valence-corrected chi connectivity index (χ1v) is 7.15. The van der Waals surface area contributed by atoms with Gasteiger partial charge in [-0.2, -0.15) is 4.98 Å². The van der Waals surface area contributed by atoms with Crippen LogP contribution in [0.4, 0.5) is 0 Å². The van der Waals surface area contributed by atoms with Crippen molar-refractivity contribution in [1.82, 2.24) is 10.1 Å². The molecule has 1 aromatic carbocycles. The van der Waals surface area contributed by atoms with E-state index in [2.05, 4.69) is 26.1 Å². The van der Waals surface area contributed by atoms with Gasteiger partial charge in [0.1, 0.15) is 5.75 Å². The van der Waals surface area contributed by atoms with Gasteiger partial charge >= 0.3 is 0 Å². The molecule has 0 atom stereocenters. The molecule has 0 unspecified atom stereocenters. The van der Waals surface area contributed by atoms with Crippen LogP contribution in [-0.2, 0) is 13.2 Å². The van der Waals surface area contributed by atoms with Gasteiger partial charge in [0.25, 0.3) is 5.89 Å². The van der Waals surface area contributed by atoms with Crippen LogP contribution >= 0.6 is 15.9 Å². The monoisotopic (exact) mass is 340 g/mol. The molecule has 0 saturated heterocycles. The summed E-state index contributed by atoms with van der Waals surface area (Å²) in [6.45, 7) is 6.02. The Labute approximate surface area is 126 Å². The van der Waals surface area contributed by atoms with Gasteiger partial charge in [0.15, 0.2) is 12.4 Å². The number of hydrogen-bond acceptors (Lipinski definition) is 5. The molecule has 5 nitrogen and oxygen atoms in total. The van der Waals surface area contributed by atoms with Crippen molar-refractivity contribution in [1.29, 1.82) is 0 Å². The Kier molecular flexibility index (Phi) is 4.77. The Balaban J connectivity index is 2.14. The summed E-state index contributed by atoms with van der Waals surface area (Å²) < 4.78 is 11.8. The second kappa shape index (κ2) is 6.37. The number of nitrogens with zero attached hydrogens (tertiary/aromatic N) is 2. The minimum atomic E-state index is -0.0866. The molecule has 0 fully saturated rings. The summed E-state index contributed by atoms with van der Waals surface area (Å²) in [5, 5.41) is 13.3. The van der Waals surface area contributed by atoms with E-state index in [1.807, 2.05) is 32.9 Å². The van der Waals surface area contributed by atoms with E-state index in [1.54, 1.807) is 0 Å². The highest BCUT2D eigenvalue weighted by atomic mass is 79.9. The van der Waals surface area contributed by atoms with E-state index in [4.69, 9.17) is 9.26 Å². The summed E-state index contributed by atoms with van der Waals surface area (Å²) in [5.41, 5.74) is 1.66. The number of halogens is 1. The summed E-state index contributed by atoms with van der Waals surface area (Å²) >= 11 is 3.40. The molecule has 20 heavy (non-hydrogen) atoms. The Morgan fingerprint density at radius 1 is 1.40 bits per heavy atom. The van der Waals surface area contributed by atoms with Crippen LogP contribution in [-0.4, -0.2) is 15.2 Å². The molecule has 2 rings (SSSR count). The van der Waals surface area contributed by atoms with Gasteiger partial charge in [-0.15, -0.1) is 0 Å². The van der Waals surface area contributed by atoms with E-state index in [0.29, 0.717) is 17.5 Å². The fraction of sp³-hybridized carbons (Fsp3) is 0.429. The lowest BCUT2D eigenvalue weighted by Crippen LogP contribution is -2.01. The fourth-order valence-corrected chi connectivity index (χ4v) is 2.44. The lowest BCUT2D eigenvalue weighted by Gasteiger charge is -2.12. The number of aromatic nitrogens is 2. The van der Waals surface area contributed by atoms with Gasteiger partial charge in [-0.25, -0.2) is 0 Å². The van der Waals surface area contributed by atoms with Crippen LogP contribution in [0.25, 0.3) is 0 Å². The number of benzene rings is 1. The Morgan fingerprint density at radius 3 is 2.75 bits per heavy atom. The second-order valence-corrected chi connectivity index (χ2v) is 5.77. The Bertz CT molecular complexity index is 596. The molecule has 6 heteroatoms. The predicted molar refractivity (Wildman–Crippen MR) is 77.5 cm³/mol. The highest BCUT2D eigenvalue weighted by Gasteiger charge is 2.13. The van der Waals surface area contributed by atoms with Crippen LogP contribution < -0.4 is 4.74 Å². The van der Waals surface area contributed by atoms with Crippen LogP contribution in [0.1, 0.15) is 42.6 Å². The van der Waals surface area contributed by atoms with Gasteiger partial charge in [0.05, 0.1) is 6.61 Å². The second-order valence-electron chi connectivity index (χ2n) is 4.86. The van der Waals surface area contributed by atoms with Crippen molar-refractivity contribution < 1.29 is 14.4 Å². The molecule has 0 aliphatic rings. The van der Waals surface area contributed by atoms with Gasteiger partial charge in [0.2, 0.25) is 0 Å². The van der Waals surface area contributed by atoms with Gasteiger partial charge in [-0.05, 0) is 24.6 Å². The number of aliphatic hydroxyl groups excluding tert-OH is 1. The van der Waals surface area contributed by atoms with E-state index < -0.39 is 0 Å². The molecule has 0 bridgehead atoms. The largest absolute Gasteiger partial charge is 0.483 e. The summed E-state index contributed by atoms with van der Waals surface area (Å²) in [5.74, 6) is 1.97. The van der Waals surface area contributed by atoms with Crippen LogP contribution in [0.3, 0.4) is 0 Å². The van der Waals surface area contributed by atoms with Crippen molar-refractivity contribution in [3.05, 3.63) is 39.4 Å². The zero-order valence-electron chi connectivity index (χ0n) is 11.7. The summed E-state index contributed by atoms with van der Waals surface area (Å²) in [4.78, 5) is 4.25. The smallest absolute Gasteiger partial charge is 0.264 e. The fourth-order valence-electron chi connectivity index (χ4n) is 1.82. The number of aliphatic hydroxyl groups is 1. The number of ether oxygens (including phenoxy) is 1. The molecule has 1 heterocycles. The van der Waals surface area contributed by atoms with E-state index >= 15 is 0 Å². The molecule has 2 aromatic rings. The first-order chi connectivity index (χ1) is 9.51. The Hall–Kier alpha value is -1.40. The molecule has 0 aliphatic carbocycles. The topological polar surface area (TPSA) is 68.4 Å². The SMILES string of the molecule is Cc1cc(Br)cc(CO)c1OCc1nc(C(C)C)no1. The zero-order chi connectivity index (χ0) is 14.7. The Morgan fingerprint density at radius 2 is 2.15 bits per heavy atom. The maximum atomic E-state index is 9.39. The number of hydrogen-bond donors (Lipinski definition) is 1. The van der Waals surface area contributed by atoms with Crippen molar-refractivity contribution in [3.63, 3.8) is 0 Å². The lowest BCUT2D eigenvalue weighted by molar-refractivity contribution is 0.227. The molecule has 1 N–H and O–H groups in total. The molecule has 0 amide bonds. The van der Waals surface area contributed by atoms with Crippen molar-refractivity contribution in [3.8, 4) is 5.75 Å². The summed E-state index contributed by atoms with van der Waals surface area (Å²) in [6.07, 6.45) is 0. The van der Waals surface area contributed by atoms with Crippen molar-refractivity contribution >= 4 is 15.9 Å². The average molecular weight is 341 g/mol. The number of rotatable bonds is 5. The van der Waals surface area contributed by atoms with Crippen LogP contribution in [0.2, 0.25) is 0 Å². The standard InChI is InChI=1S/C14H17BrN2O3/c1-8(2)14-16-12(20-17-14)7-19-13-9(3)4-11(15)5-10(13)6-18/h4-5,8,18H,6-7H2,1-3H3. The molecule has 0 spiro atoms. The molecular weight excluding hydrogens is 324 g/mol. The predicted octanol–water partition coefficient (Wildman–Crippen LogP) is 3.34. The van der Waals surface area contributed by atoms with E-state index in [0.717, 1.165) is 15.6 Å². The first-order valence-electron chi connectivity index (χ1n) is 6.36. The van der Waals surface area contributed by atoms with Gasteiger partial charge < -0.3 is 14.4 Å². The van der Waals surface area contributed by atoms with Crippen molar-refractivity contribution in [2.75, 3.05) is 0 Å².